The van der Waals surface area contributed by atoms with Crippen LogP contribution in [0.5, 0.6) is 5.88 Å². The summed E-state index contributed by atoms with van der Waals surface area (Å²) in [6.07, 6.45) is 5.43. The van der Waals surface area contributed by atoms with Gasteiger partial charge in [-0.25, -0.2) is 4.98 Å². The first kappa shape index (κ1) is 16.1. The lowest BCUT2D eigenvalue weighted by Crippen LogP contribution is -2.66. The van der Waals surface area contributed by atoms with Crippen molar-refractivity contribution in [1.29, 1.82) is 0 Å². The number of ether oxygens (including phenoxy) is 2. The number of nitrogens with zero attached hydrogens (tertiary/aromatic N) is 4. The fraction of sp³-hybridized carbons (Fsp3) is 0.500. The third-order valence-electron chi connectivity index (χ3n) is 5.09. The van der Waals surface area contributed by atoms with E-state index in [0.717, 1.165) is 19.4 Å². The molecule has 2 fully saturated rings. The monoisotopic (exact) mass is 342 g/mol. The smallest absolute Gasteiger partial charge is 0.274 e. The Labute approximate surface area is 146 Å². The first-order valence-corrected chi connectivity index (χ1v) is 8.63. The van der Waals surface area contributed by atoms with E-state index < -0.39 is 0 Å². The van der Waals surface area contributed by atoms with E-state index in [1.807, 2.05) is 30.1 Å². The van der Waals surface area contributed by atoms with E-state index in [4.69, 9.17) is 9.47 Å². The van der Waals surface area contributed by atoms with Crippen LogP contribution in [0.3, 0.4) is 0 Å². The van der Waals surface area contributed by atoms with Crippen LogP contribution in [0.1, 0.15) is 23.3 Å². The number of rotatable bonds is 5. The molecule has 0 saturated carbocycles. The average Bonchev–Trinajstić information content (AvgIpc) is 3.20. The molecule has 4 heterocycles. The van der Waals surface area contributed by atoms with Gasteiger partial charge in [0.15, 0.2) is 0 Å². The zero-order valence-electron chi connectivity index (χ0n) is 14.3. The number of aryl methyl sites for hydroxylation is 1. The molecule has 25 heavy (non-hydrogen) atoms. The molecule has 2 saturated heterocycles. The Balaban J connectivity index is 1.31. The van der Waals surface area contributed by atoms with Crippen molar-refractivity contribution in [2.75, 3.05) is 26.3 Å². The van der Waals surface area contributed by atoms with E-state index in [1.54, 1.807) is 23.1 Å². The largest absolute Gasteiger partial charge is 0.478 e. The normalized spacial score (nSPS) is 21.3. The van der Waals surface area contributed by atoms with E-state index in [0.29, 0.717) is 37.2 Å². The van der Waals surface area contributed by atoms with Gasteiger partial charge in [-0.05, 0) is 30.9 Å². The van der Waals surface area contributed by atoms with Crippen LogP contribution in [0.4, 0.5) is 0 Å². The van der Waals surface area contributed by atoms with Gasteiger partial charge in [0.25, 0.3) is 5.91 Å². The van der Waals surface area contributed by atoms with Crippen molar-refractivity contribution in [2.45, 2.75) is 18.4 Å². The molecule has 132 valence electrons. The van der Waals surface area contributed by atoms with Crippen LogP contribution in [-0.2, 0) is 11.8 Å². The third kappa shape index (κ3) is 3.11. The van der Waals surface area contributed by atoms with Crippen LogP contribution in [0.2, 0.25) is 0 Å². The number of carbonyl (C=O) groups excluding carboxylic acids is 1. The first-order chi connectivity index (χ1) is 12.2. The van der Waals surface area contributed by atoms with Gasteiger partial charge in [0, 0.05) is 32.1 Å². The molecule has 0 bridgehead atoms. The molecule has 7 heteroatoms. The van der Waals surface area contributed by atoms with E-state index in [-0.39, 0.29) is 11.5 Å². The summed E-state index contributed by atoms with van der Waals surface area (Å²) in [5.41, 5.74) is 0.281. The minimum Gasteiger partial charge on any atom is -0.478 e. The maximum Gasteiger partial charge on any atom is 0.274 e. The van der Waals surface area contributed by atoms with Crippen LogP contribution in [0, 0.1) is 5.92 Å². The summed E-state index contributed by atoms with van der Waals surface area (Å²) in [7, 11) is 1.81. The molecule has 0 N–H and O–H groups in total. The fourth-order valence-corrected chi connectivity index (χ4v) is 3.72. The quantitative estimate of drug-likeness (QED) is 0.824. The summed E-state index contributed by atoms with van der Waals surface area (Å²) < 4.78 is 13.4. The summed E-state index contributed by atoms with van der Waals surface area (Å²) in [4.78, 5) is 18.4. The van der Waals surface area contributed by atoms with Gasteiger partial charge in [-0.1, -0.05) is 6.07 Å². The molecule has 2 aromatic rings. The maximum atomic E-state index is 12.4. The van der Waals surface area contributed by atoms with E-state index in [2.05, 4.69) is 10.1 Å². The molecule has 2 aromatic heterocycles. The summed E-state index contributed by atoms with van der Waals surface area (Å²) in [6, 6.07) is 7.39. The van der Waals surface area contributed by atoms with Crippen molar-refractivity contribution < 1.29 is 14.3 Å². The highest BCUT2D eigenvalue weighted by molar-refractivity contribution is 5.93. The number of aromatic nitrogens is 3. The van der Waals surface area contributed by atoms with Crippen LogP contribution in [-0.4, -0.2) is 57.5 Å². The Kier molecular flexibility index (Phi) is 4.17. The molecule has 2 aliphatic rings. The van der Waals surface area contributed by atoms with Crippen molar-refractivity contribution in [2.24, 2.45) is 13.0 Å². The Morgan fingerprint density at radius 3 is 3.00 bits per heavy atom. The molecule has 0 unspecified atom stereocenters. The number of carbonyl (C=O) groups is 1. The molecule has 0 aromatic carbocycles. The highest BCUT2D eigenvalue weighted by Gasteiger charge is 2.54. The van der Waals surface area contributed by atoms with Gasteiger partial charge in [-0.3, -0.25) is 9.48 Å². The Hall–Kier alpha value is -2.41. The minimum absolute atomic E-state index is 0.0230. The second-order valence-electron chi connectivity index (χ2n) is 6.74. The van der Waals surface area contributed by atoms with Crippen molar-refractivity contribution in [3.63, 3.8) is 0 Å². The van der Waals surface area contributed by atoms with Gasteiger partial charge in [-0.15, -0.1) is 0 Å². The van der Waals surface area contributed by atoms with Crippen molar-refractivity contribution >= 4 is 5.91 Å². The highest BCUT2D eigenvalue weighted by Crippen LogP contribution is 2.42. The second kappa shape index (κ2) is 6.48. The van der Waals surface area contributed by atoms with Gasteiger partial charge in [0.1, 0.15) is 11.3 Å². The summed E-state index contributed by atoms with van der Waals surface area (Å²) in [6.45, 7) is 2.63. The van der Waals surface area contributed by atoms with Gasteiger partial charge in [-0.2, -0.15) is 5.10 Å². The predicted octanol–water partition coefficient (Wildman–Crippen LogP) is 1.52. The van der Waals surface area contributed by atoms with E-state index in [9.17, 15) is 4.79 Å². The summed E-state index contributed by atoms with van der Waals surface area (Å²) in [5, 5.41) is 4.19. The van der Waals surface area contributed by atoms with Gasteiger partial charge >= 0.3 is 0 Å². The number of pyridine rings is 1. The SMILES string of the molecule is Cn1ccc(C(=O)N2CC3(C2)OCC[C@H]3CCOc2ccccn2)n1. The topological polar surface area (TPSA) is 69.5 Å². The molecule has 2 aliphatic heterocycles. The first-order valence-electron chi connectivity index (χ1n) is 8.63. The van der Waals surface area contributed by atoms with E-state index >= 15 is 0 Å². The molecular formula is C18H22N4O3. The zero-order chi connectivity index (χ0) is 17.3. The van der Waals surface area contributed by atoms with Gasteiger partial charge in [0.05, 0.1) is 19.7 Å². The molecule has 1 spiro atoms. The molecule has 0 aliphatic carbocycles. The van der Waals surface area contributed by atoms with Crippen LogP contribution < -0.4 is 4.74 Å². The number of hydrogen-bond acceptors (Lipinski definition) is 5. The average molecular weight is 342 g/mol. The van der Waals surface area contributed by atoms with Crippen LogP contribution in [0.25, 0.3) is 0 Å². The predicted molar refractivity (Wildman–Crippen MR) is 90.3 cm³/mol. The third-order valence-corrected chi connectivity index (χ3v) is 5.09. The minimum atomic E-state index is -0.210. The zero-order valence-corrected chi connectivity index (χ0v) is 14.3. The Bertz CT molecular complexity index is 740. The lowest BCUT2D eigenvalue weighted by molar-refractivity contribution is -0.119. The summed E-state index contributed by atoms with van der Waals surface area (Å²) >= 11 is 0. The molecule has 1 amide bonds. The highest BCUT2D eigenvalue weighted by atomic mass is 16.5. The molecule has 0 radical (unpaired) electrons. The van der Waals surface area contributed by atoms with Crippen molar-refractivity contribution in [3.8, 4) is 5.88 Å². The summed E-state index contributed by atoms with van der Waals surface area (Å²) in [5.74, 6) is 1.03. The number of amides is 1. The van der Waals surface area contributed by atoms with Crippen molar-refractivity contribution in [1.82, 2.24) is 19.7 Å². The molecule has 4 rings (SSSR count). The van der Waals surface area contributed by atoms with E-state index in [1.165, 1.54) is 0 Å². The standard InChI is InChI=1S/C18H22N4O3/c1-21-9-5-15(20-21)17(23)22-12-18(13-22)14(7-11-25-18)6-10-24-16-4-2-3-8-19-16/h2-5,8-9,14H,6-7,10-13H2,1H3/t14-/m1/s1. The van der Waals surface area contributed by atoms with Crippen molar-refractivity contribution in [3.05, 3.63) is 42.4 Å². The second-order valence-corrected chi connectivity index (χ2v) is 6.74. The van der Waals surface area contributed by atoms with Crippen LogP contribution >= 0.6 is 0 Å². The van der Waals surface area contributed by atoms with Gasteiger partial charge < -0.3 is 14.4 Å². The Morgan fingerprint density at radius 2 is 2.28 bits per heavy atom. The van der Waals surface area contributed by atoms with Crippen LogP contribution in [0.15, 0.2) is 36.7 Å². The maximum absolute atomic E-state index is 12.4. The molecular weight excluding hydrogens is 320 g/mol. The van der Waals surface area contributed by atoms with Gasteiger partial charge in [0.2, 0.25) is 5.88 Å². The Morgan fingerprint density at radius 1 is 1.40 bits per heavy atom. The number of hydrogen-bond donors (Lipinski definition) is 0. The number of likely N-dealkylation sites (tertiary alicyclic amines) is 1. The fourth-order valence-electron chi connectivity index (χ4n) is 3.72. The molecule has 7 nitrogen and oxygen atoms in total. The lowest BCUT2D eigenvalue weighted by atomic mass is 9.79. The lowest BCUT2D eigenvalue weighted by Gasteiger charge is -2.50. The molecule has 1 atom stereocenters.